The smallest absolute Gasteiger partial charge is 0.241 e. The second-order valence-corrected chi connectivity index (χ2v) is 9.25. The normalized spacial score (nSPS) is 15.2. The number of nitrogens with zero attached hydrogens (tertiary/aromatic N) is 3. The maximum absolute atomic E-state index is 12.7. The molecule has 1 aromatic heterocycles. The summed E-state index contributed by atoms with van der Waals surface area (Å²) >= 11 is 0. The largest absolute Gasteiger partial charge is 0.368 e. The number of carbonyl (C=O) groups is 2. The molecule has 1 aliphatic rings. The topological polar surface area (TPSA) is 113 Å². The van der Waals surface area contributed by atoms with Crippen LogP contribution in [0.15, 0.2) is 66.7 Å². The molecule has 0 radical (unpaired) electrons. The second kappa shape index (κ2) is 12.3. The molecule has 2 amide bonds. The number of amides is 2. The molecule has 4 N–H and O–H groups in total. The average molecular weight is 487 g/mol. The van der Waals surface area contributed by atoms with Gasteiger partial charge in [-0.15, -0.1) is 0 Å². The summed E-state index contributed by atoms with van der Waals surface area (Å²) in [5, 5.41) is 6.01. The molecule has 36 heavy (non-hydrogen) atoms. The lowest BCUT2D eigenvalue weighted by Gasteiger charge is -2.36. The monoisotopic (exact) mass is 486 g/mol. The van der Waals surface area contributed by atoms with Gasteiger partial charge in [-0.3, -0.25) is 14.5 Å². The maximum atomic E-state index is 12.7. The molecule has 8 nitrogen and oxygen atoms in total. The molecule has 0 spiro atoms. The summed E-state index contributed by atoms with van der Waals surface area (Å²) in [5.74, 6) is 1.19. The first kappa shape index (κ1) is 25.3. The summed E-state index contributed by atoms with van der Waals surface area (Å²) in [7, 11) is 0. The highest BCUT2D eigenvalue weighted by Crippen LogP contribution is 2.30. The van der Waals surface area contributed by atoms with Crippen molar-refractivity contribution in [1.29, 1.82) is 0 Å². The van der Waals surface area contributed by atoms with Gasteiger partial charge in [0.2, 0.25) is 11.8 Å². The van der Waals surface area contributed by atoms with Gasteiger partial charge in [0.1, 0.15) is 11.9 Å². The molecule has 2 heterocycles. The molecule has 2 aromatic carbocycles. The van der Waals surface area contributed by atoms with Crippen molar-refractivity contribution in [3.63, 3.8) is 0 Å². The summed E-state index contributed by atoms with van der Waals surface area (Å²) in [4.78, 5) is 35.5. The van der Waals surface area contributed by atoms with Gasteiger partial charge in [0.05, 0.1) is 5.69 Å². The Labute approximate surface area is 212 Å². The van der Waals surface area contributed by atoms with Crippen molar-refractivity contribution in [3.05, 3.63) is 78.0 Å². The Morgan fingerprint density at radius 2 is 1.67 bits per heavy atom. The maximum Gasteiger partial charge on any atom is 0.241 e. The van der Waals surface area contributed by atoms with Gasteiger partial charge < -0.3 is 16.4 Å². The molecule has 3 aromatic rings. The van der Waals surface area contributed by atoms with Crippen molar-refractivity contribution in [2.75, 3.05) is 31.5 Å². The fourth-order valence-electron chi connectivity index (χ4n) is 4.72. The molecule has 1 aliphatic heterocycles. The number of carbonyl (C=O) groups excluding carboxylic acids is 2. The number of piperidine rings is 1. The van der Waals surface area contributed by atoms with E-state index in [-0.39, 0.29) is 5.91 Å². The van der Waals surface area contributed by atoms with Gasteiger partial charge >= 0.3 is 0 Å². The molecule has 4 rings (SSSR count). The highest BCUT2D eigenvalue weighted by molar-refractivity contribution is 5.81. The third kappa shape index (κ3) is 6.88. The molecular weight excluding hydrogens is 452 g/mol. The average Bonchev–Trinajstić information content (AvgIpc) is 2.88. The molecule has 1 saturated heterocycles. The number of nitrogens with one attached hydrogen (secondary N) is 2. The van der Waals surface area contributed by atoms with Gasteiger partial charge in [-0.2, -0.15) is 0 Å². The highest BCUT2D eigenvalue weighted by atomic mass is 16.2. The number of anilines is 1. The first-order chi connectivity index (χ1) is 17.5. The predicted molar refractivity (Wildman–Crippen MR) is 141 cm³/mol. The number of likely N-dealkylation sites (tertiary alicyclic amines) is 1. The molecule has 1 atom stereocenters. The summed E-state index contributed by atoms with van der Waals surface area (Å²) < 4.78 is 0. The molecular formula is C28H34N6O2. The van der Waals surface area contributed by atoms with Crippen molar-refractivity contribution < 1.29 is 9.59 Å². The Bertz CT molecular complexity index is 1150. The van der Waals surface area contributed by atoms with E-state index in [9.17, 15) is 9.59 Å². The first-order valence-corrected chi connectivity index (χ1v) is 12.5. The van der Waals surface area contributed by atoms with E-state index in [1.165, 1.54) is 12.5 Å². The van der Waals surface area contributed by atoms with Crippen LogP contribution in [0, 0.1) is 5.92 Å². The van der Waals surface area contributed by atoms with Crippen molar-refractivity contribution in [2.24, 2.45) is 11.7 Å². The van der Waals surface area contributed by atoms with E-state index < -0.39 is 11.9 Å². The Morgan fingerprint density at radius 3 is 2.31 bits per heavy atom. The minimum absolute atomic E-state index is 0.0883. The van der Waals surface area contributed by atoms with E-state index in [4.69, 9.17) is 10.7 Å². The lowest BCUT2D eigenvalue weighted by molar-refractivity contribution is -0.124. The van der Waals surface area contributed by atoms with Crippen molar-refractivity contribution >= 4 is 17.6 Å². The van der Waals surface area contributed by atoms with E-state index in [0.29, 0.717) is 36.3 Å². The Morgan fingerprint density at radius 1 is 1.00 bits per heavy atom. The number of primary amides is 1. The van der Waals surface area contributed by atoms with Crippen molar-refractivity contribution in [1.82, 2.24) is 20.2 Å². The molecule has 0 bridgehead atoms. The number of rotatable bonds is 10. The van der Waals surface area contributed by atoms with E-state index >= 15 is 0 Å². The van der Waals surface area contributed by atoms with Crippen molar-refractivity contribution in [3.8, 4) is 11.4 Å². The van der Waals surface area contributed by atoms with E-state index in [1.807, 2.05) is 36.4 Å². The van der Waals surface area contributed by atoms with Gasteiger partial charge in [0.25, 0.3) is 0 Å². The zero-order valence-corrected chi connectivity index (χ0v) is 20.7. The predicted octanol–water partition coefficient (Wildman–Crippen LogP) is 3.17. The van der Waals surface area contributed by atoms with E-state index in [1.54, 1.807) is 6.07 Å². The fraction of sp³-hybridized carbons (Fsp3) is 0.357. The summed E-state index contributed by atoms with van der Waals surface area (Å²) in [6.07, 6.45) is 3.04. The zero-order valence-electron chi connectivity index (χ0n) is 20.7. The minimum Gasteiger partial charge on any atom is -0.368 e. The third-order valence-electron chi connectivity index (χ3n) is 6.51. The van der Waals surface area contributed by atoms with Gasteiger partial charge in [0, 0.05) is 31.6 Å². The van der Waals surface area contributed by atoms with Gasteiger partial charge in [-0.1, -0.05) is 60.7 Å². The van der Waals surface area contributed by atoms with Crippen LogP contribution in [0.5, 0.6) is 0 Å². The number of hydrogen-bond donors (Lipinski definition) is 3. The Balaban J connectivity index is 1.53. The molecule has 8 heteroatoms. The van der Waals surface area contributed by atoms with Crippen molar-refractivity contribution in [2.45, 2.75) is 32.2 Å². The molecule has 1 fully saturated rings. The van der Waals surface area contributed by atoms with Crippen LogP contribution in [0.3, 0.4) is 0 Å². The van der Waals surface area contributed by atoms with Crippen LogP contribution in [0.25, 0.3) is 11.4 Å². The lowest BCUT2D eigenvalue weighted by atomic mass is 9.89. The fourth-order valence-corrected chi connectivity index (χ4v) is 4.72. The van der Waals surface area contributed by atoms with Crippen LogP contribution >= 0.6 is 0 Å². The number of benzene rings is 2. The molecule has 188 valence electrons. The number of hydrogen-bond acceptors (Lipinski definition) is 6. The standard InChI is InChI=1S/C28H34N6O2/c1-20(35)30-14-15-31-25-19-24(32-28(33-25)23-10-6-3-7-11-23)26(27(29)36)34-16-12-22(13-17-34)18-21-8-4-2-5-9-21/h2-11,19,22,26H,12-18H2,1H3,(H2,29,36)(H,30,35)(H,31,32,33). The zero-order chi connectivity index (χ0) is 25.3. The summed E-state index contributed by atoms with van der Waals surface area (Å²) in [6, 6.07) is 21.4. The second-order valence-electron chi connectivity index (χ2n) is 9.25. The summed E-state index contributed by atoms with van der Waals surface area (Å²) in [6.45, 7) is 4.00. The Kier molecular flexibility index (Phi) is 8.62. The van der Waals surface area contributed by atoms with Crippen LogP contribution in [0.4, 0.5) is 5.82 Å². The third-order valence-corrected chi connectivity index (χ3v) is 6.51. The van der Waals surface area contributed by atoms with Crippen LogP contribution in [-0.2, 0) is 16.0 Å². The first-order valence-electron chi connectivity index (χ1n) is 12.5. The van der Waals surface area contributed by atoms with Gasteiger partial charge in [-0.05, 0) is 43.8 Å². The van der Waals surface area contributed by atoms with Crippen LogP contribution in [-0.4, -0.2) is 52.9 Å². The van der Waals surface area contributed by atoms with Gasteiger partial charge in [0.15, 0.2) is 5.82 Å². The molecule has 0 aliphatic carbocycles. The minimum atomic E-state index is -0.635. The number of aromatic nitrogens is 2. The molecule has 0 saturated carbocycles. The summed E-state index contributed by atoms with van der Waals surface area (Å²) in [5.41, 5.74) is 8.73. The number of nitrogens with two attached hydrogens (primary N) is 1. The van der Waals surface area contributed by atoms with E-state index in [2.05, 4.69) is 44.8 Å². The highest BCUT2D eigenvalue weighted by Gasteiger charge is 2.31. The van der Waals surface area contributed by atoms with Crippen LogP contribution in [0.1, 0.15) is 37.1 Å². The lowest BCUT2D eigenvalue weighted by Crippen LogP contribution is -2.43. The SMILES string of the molecule is CC(=O)NCCNc1cc(C(C(N)=O)N2CCC(Cc3ccccc3)CC2)nc(-c2ccccc2)n1. The molecule has 1 unspecified atom stereocenters. The Hall–Kier alpha value is -3.78. The van der Waals surface area contributed by atoms with Gasteiger partial charge in [-0.25, -0.2) is 9.97 Å². The quantitative estimate of drug-likeness (QED) is 0.380. The van der Waals surface area contributed by atoms with E-state index in [0.717, 1.165) is 37.9 Å². The van der Waals surface area contributed by atoms with Crippen LogP contribution < -0.4 is 16.4 Å². The van der Waals surface area contributed by atoms with Crippen LogP contribution in [0.2, 0.25) is 0 Å².